The summed E-state index contributed by atoms with van der Waals surface area (Å²) in [4.78, 5) is 34.2. The Morgan fingerprint density at radius 1 is 1.18 bits per heavy atom. The second kappa shape index (κ2) is 10.8. The Kier molecular flexibility index (Phi) is 7.34. The number of methoxy groups -OCH3 is 1. The predicted molar refractivity (Wildman–Crippen MR) is 129 cm³/mol. The molecule has 0 aliphatic carbocycles. The molecule has 176 valence electrons. The molecule has 1 aliphatic heterocycles. The fourth-order valence-corrected chi connectivity index (χ4v) is 3.88. The van der Waals surface area contributed by atoms with Gasteiger partial charge in [0.25, 0.3) is 11.8 Å². The van der Waals surface area contributed by atoms with E-state index in [1.54, 1.807) is 25.3 Å². The zero-order valence-corrected chi connectivity index (χ0v) is 19.0. The normalized spacial score (nSPS) is 15.4. The van der Waals surface area contributed by atoms with Crippen molar-refractivity contribution < 1.29 is 14.3 Å². The van der Waals surface area contributed by atoms with Crippen LogP contribution in [-0.4, -0.2) is 48.0 Å². The van der Waals surface area contributed by atoms with Crippen molar-refractivity contribution in [1.82, 2.24) is 25.9 Å². The number of para-hydroxylation sites is 1. The molecule has 2 amide bonds. The number of anilines is 1. The third kappa shape index (κ3) is 5.49. The van der Waals surface area contributed by atoms with Gasteiger partial charge in [-0.3, -0.25) is 9.59 Å². The number of hydrogen-bond acceptors (Lipinski definition) is 7. The van der Waals surface area contributed by atoms with Crippen molar-refractivity contribution in [2.75, 3.05) is 25.9 Å². The number of carbonyl (C=O) groups is 2. The lowest BCUT2D eigenvalue weighted by molar-refractivity contribution is 0.0923. The average molecular weight is 461 g/mol. The summed E-state index contributed by atoms with van der Waals surface area (Å²) >= 11 is 0. The summed E-state index contributed by atoms with van der Waals surface area (Å²) in [6.07, 6.45) is 3.40. The van der Waals surface area contributed by atoms with Crippen molar-refractivity contribution in [3.05, 3.63) is 71.5 Å². The van der Waals surface area contributed by atoms with E-state index in [1.807, 2.05) is 30.3 Å². The lowest BCUT2D eigenvalue weighted by atomic mass is 10.1. The third-order valence-electron chi connectivity index (χ3n) is 5.70. The van der Waals surface area contributed by atoms with Gasteiger partial charge in [0.2, 0.25) is 0 Å². The van der Waals surface area contributed by atoms with E-state index in [4.69, 9.17) is 10.5 Å². The number of rotatable bonds is 7. The molecule has 9 nitrogen and oxygen atoms in total. The molecule has 0 saturated carbocycles. The number of nitrogens with zero attached hydrogens (tertiary/aromatic N) is 2. The Bertz CT molecular complexity index is 1180. The minimum absolute atomic E-state index is 0.0290. The Morgan fingerprint density at radius 2 is 2.03 bits per heavy atom. The van der Waals surface area contributed by atoms with E-state index < -0.39 is 0 Å². The Labute approximate surface area is 198 Å². The number of hydrogen-bond donors (Lipinski definition) is 4. The highest BCUT2D eigenvalue weighted by Gasteiger charge is 2.20. The quantitative estimate of drug-likeness (QED) is 0.425. The maximum atomic E-state index is 12.8. The van der Waals surface area contributed by atoms with Crippen molar-refractivity contribution in [3.63, 3.8) is 0 Å². The second-order valence-electron chi connectivity index (χ2n) is 8.08. The van der Waals surface area contributed by atoms with Gasteiger partial charge in [-0.05, 0) is 37.6 Å². The number of ether oxygens (including phenoxy) is 1. The van der Waals surface area contributed by atoms with Gasteiger partial charge < -0.3 is 26.4 Å². The Balaban J connectivity index is 1.49. The first-order chi connectivity index (χ1) is 16.5. The molecule has 0 bridgehead atoms. The maximum absolute atomic E-state index is 12.8. The predicted octanol–water partition coefficient (Wildman–Crippen LogP) is 2.15. The summed E-state index contributed by atoms with van der Waals surface area (Å²) in [6, 6.07) is 14.5. The van der Waals surface area contributed by atoms with E-state index in [1.165, 1.54) is 6.20 Å². The zero-order valence-electron chi connectivity index (χ0n) is 19.0. The van der Waals surface area contributed by atoms with Gasteiger partial charge in [-0.25, -0.2) is 9.97 Å². The topological polar surface area (TPSA) is 131 Å². The van der Waals surface area contributed by atoms with Crippen LogP contribution in [0.5, 0.6) is 5.75 Å². The largest absolute Gasteiger partial charge is 0.496 e. The highest BCUT2D eigenvalue weighted by molar-refractivity contribution is 5.97. The van der Waals surface area contributed by atoms with Crippen LogP contribution in [0.2, 0.25) is 0 Å². The van der Waals surface area contributed by atoms with E-state index in [-0.39, 0.29) is 29.4 Å². The number of nitrogens with two attached hydrogens (primary N) is 1. The molecular formula is C25H28N6O3. The Morgan fingerprint density at radius 3 is 2.82 bits per heavy atom. The Hall–Kier alpha value is -3.98. The lowest BCUT2D eigenvalue weighted by Gasteiger charge is -2.23. The van der Waals surface area contributed by atoms with E-state index >= 15 is 0 Å². The maximum Gasteiger partial charge on any atom is 0.274 e. The number of amides is 2. The van der Waals surface area contributed by atoms with Crippen LogP contribution in [0.3, 0.4) is 0 Å². The summed E-state index contributed by atoms with van der Waals surface area (Å²) in [5, 5.41) is 9.14. The molecule has 0 radical (unpaired) electrons. The summed E-state index contributed by atoms with van der Waals surface area (Å²) in [7, 11) is 1.60. The average Bonchev–Trinajstić information content (AvgIpc) is 2.88. The summed E-state index contributed by atoms with van der Waals surface area (Å²) in [5.74, 6) is 0.185. The number of carbonyl (C=O) groups excluding carboxylic acids is 2. The number of nitrogen functional groups attached to an aromatic ring is 1. The van der Waals surface area contributed by atoms with Crippen LogP contribution in [-0.2, 0) is 6.54 Å². The first kappa shape index (κ1) is 23.2. The van der Waals surface area contributed by atoms with Gasteiger partial charge in [-0.2, -0.15) is 0 Å². The molecule has 4 rings (SSSR count). The van der Waals surface area contributed by atoms with Gasteiger partial charge in [-0.1, -0.05) is 30.3 Å². The van der Waals surface area contributed by atoms with Crippen molar-refractivity contribution >= 4 is 17.6 Å². The number of nitrogens with one attached hydrogen (secondary N) is 3. The number of aromatic nitrogens is 2. The van der Waals surface area contributed by atoms with Gasteiger partial charge in [0.15, 0.2) is 11.5 Å². The van der Waals surface area contributed by atoms with Crippen molar-refractivity contribution in [2.45, 2.75) is 25.4 Å². The SMILES string of the molecule is COc1ccccc1CNC(=O)c1cccc(-c2cnc(N)c(C(=O)NC3CCCNC3)n2)c1. The fourth-order valence-electron chi connectivity index (χ4n) is 3.88. The summed E-state index contributed by atoms with van der Waals surface area (Å²) in [6.45, 7) is 1.99. The number of piperidine rings is 1. The van der Waals surface area contributed by atoms with Gasteiger partial charge in [0.05, 0.1) is 19.0 Å². The van der Waals surface area contributed by atoms with E-state index in [0.29, 0.717) is 35.7 Å². The van der Waals surface area contributed by atoms with Crippen molar-refractivity contribution in [3.8, 4) is 17.0 Å². The summed E-state index contributed by atoms with van der Waals surface area (Å²) < 4.78 is 5.34. The molecule has 9 heteroatoms. The van der Waals surface area contributed by atoms with Gasteiger partial charge in [0.1, 0.15) is 5.75 Å². The third-order valence-corrected chi connectivity index (χ3v) is 5.70. The van der Waals surface area contributed by atoms with Crippen LogP contribution in [0.25, 0.3) is 11.3 Å². The smallest absolute Gasteiger partial charge is 0.274 e. The molecular weight excluding hydrogens is 432 g/mol. The van der Waals surface area contributed by atoms with E-state index in [0.717, 1.165) is 24.9 Å². The van der Waals surface area contributed by atoms with Crippen LogP contribution in [0.1, 0.15) is 39.3 Å². The molecule has 2 heterocycles. The lowest BCUT2D eigenvalue weighted by Crippen LogP contribution is -2.46. The second-order valence-corrected chi connectivity index (χ2v) is 8.08. The fraction of sp³-hybridized carbons (Fsp3) is 0.280. The molecule has 1 unspecified atom stereocenters. The molecule has 0 spiro atoms. The molecule has 2 aromatic carbocycles. The molecule has 34 heavy (non-hydrogen) atoms. The van der Waals surface area contributed by atoms with Gasteiger partial charge >= 0.3 is 0 Å². The highest BCUT2D eigenvalue weighted by Crippen LogP contribution is 2.21. The van der Waals surface area contributed by atoms with E-state index in [2.05, 4.69) is 25.9 Å². The van der Waals surface area contributed by atoms with Crippen molar-refractivity contribution in [2.24, 2.45) is 0 Å². The van der Waals surface area contributed by atoms with Crippen LogP contribution in [0.15, 0.2) is 54.7 Å². The van der Waals surface area contributed by atoms with Crippen LogP contribution >= 0.6 is 0 Å². The highest BCUT2D eigenvalue weighted by atomic mass is 16.5. The molecule has 1 aromatic heterocycles. The molecule has 3 aromatic rings. The van der Waals surface area contributed by atoms with Gasteiger partial charge in [0, 0.05) is 35.8 Å². The molecule has 1 fully saturated rings. The van der Waals surface area contributed by atoms with E-state index in [9.17, 15) is 9.59 Å². The zero-order chi connectivity index (χ0) is 23.9. The van der Waals surface area contributed by atoms with Crippen LogP contribution in [0.4, 0.5) is 5.82 Å². The number of benzene rings is 2. The first-order valence-corrected chi connectivity index (χ1v) is 11.2. The standard InChI is InChI=1S/C25H28N6O3/c1-34-21-10-3-2-6-18(21)13-29-24(32)17-8-4-7-16(12-17)20-15-28-23(26)22(31-20)25(33)30-19-9-5-11-27-14-19/h2-4,6-8,10,12,15,19,27H,5,9,11,13-14H2,1H3,(H2,26,28)(H,29,32)(H,30,33). The van der Waals surface area contributed by atoms with Crippen LogP contribution in [0, 0.1) is 0 Å². The molecule has 1 saturated heterocycles. The first-order valence-electron chi connectivity index (χ1n) is 11.2. The minimum Gasteiger partial charge on any atom is -0.496 e. The monoisotopic (exact) mass is 460 g/mol. The van der Waals surface area contributed by atoms with Crippen LogP contribution < -0.4 is 26.4 Å². The van der Waals surface area contributed by atoms with Gasteiger partial charge in [-0.15, -0.1) is 0 Å². The van der Waals surface area contributed by atoms with Crippen molar-refractivity contribution in [1.29, 1.82) is 0 Å². The summed E-state index contributed by atoms with van der Waals surface area (Å²) in [5.41, 5.74) is 8.48. The molecule has 1 atom stereocenters. The molecule has 1 aliphatic rings. The minimum atomic E-state index is -0.355. The molecule has 5 N–H and O–H groups in total.